The maximum atomic E-state index is 12.7. The van der Waals surface area contributed by atoms with Gasteiger partial charge in [0.25, 0.3) is 0 Å². The second-order valence-electron chi connectivity index (χ2n) is 6.75. The normalized spacial score (nSPS) is 18.2. The Hall–Kier alpha value is -1.40. The van der Waals surface area contributed by atoms with Gasteiger partial charge in [-0.3, -0.25) is 9.89 Å². The fraction of sp³-hybridized carbons (Fsp3) is 0.474. The first-order valence-electron chi connectivity index (χ1n) is 9.19. The van der Waals surface area contributed by atoms with Crippen LogP contribution in [0.4, 0.5) is 13.2 Å². The molecule has 0 spiro atoms. The highest BCUT2D eigenvalue weighted by Crippen LogP contribution is 2.29. The van der Waals surface area contributed by atoms with Crippen molar-refractivity contribution in [1.82, 2.24) is 20.5 Å². The van der Waals surface area contributed by atoms with Gasteiger partial charge in [-0.25, -0.2) is 4.98 Å². The number of alkyl halides is 3. The van der Waals surface area contributed by atoms with E-state index in [-0.39, 0.29) is 36.6 Å². The Balaban J connectivity index is 0.00000300. The van der Waals surface area contributed by atoms with Crippen LogP contribution in [0.3, 0.4) is 0 Å². The van der Waals surface area contributed by atoms with Crippen LogP contribution in [0.25, 0.3) is 0 Å². The Morgan fingerprint density at radius 3 is 2.72 bits per heavy atom. The summed E-state index contributed by atoms with van der Waals surface area (Å²) in [6.45, 7) is 3.06. The summed E-state index contributed by atoms with van der Waals surface area (Å²) in [6.07, 6.45) is -2.29. The van der Waals surface area contributed by atoms with Gasteiger partial charge in [0.1, 0.15) is 5.01 Å². The lowest BCUT2D eigenvalue weighted by Gasteiger charge is -2.33. The lowest BCUT2D eigenvalue weighted by molar-refractivity contribution is -0.140. The van der Waals surface area contributed by atoms with Crippen molar-refractivity contribution >= 4 is 41.3 Å². The molecule has 0 amide bonds. The predicted molar refractivity (Wildman–Crippen MR) is 121 cm³/mol. The van der Waals surface area contributed by atoms with Gasteiger partial charge < -0.3 is 10.6 Å². The zero-order valence-electron chi connectivity index (χ0n) is 16.1. The fourth-order valence-corrected chi connectivity index (χ4v) is 3.97. The highest BCUT2D eigenvalue weighted by Gasteiger charge is 2.33. The number of piperidine rings is 1. The monoisotopic (exact) mass is 539 g/mol. The van der Waals surface area contributed by atoms with Crippen LogP contribution in [-0.2, 0) is 19.3 Å². The number of nitrogens with one attached hydrogen (secondary N) is 2. The molecule has 160 valence electrons. The van der Waals surface area contributed by atoms with Gasteiger partial charge in [0.2, 0.25) is 0 Å². The fourth-order valence-electron chi connectivity index (χ4n) is 3.23. The molecular weight excluding hydrogens is 514 g/mol. The Bertz CT molecular complexity index is 782. The van der Waals surface area contributed by atoms with Crippen LogP contribution < -0.4 is 10.6 Å². The highest BCUT2D eigenvalue weighted by atomic mass is 127. The molecule has 2 aromatic rings. The van der Waals surface area contributed by atoms with Gasteiger partial charge in [-0.1, -0.05) is 30.3 Å². The van der Waals surface area contributed by atoms with Crippen LogP contribution in [-0.4, -0.2) is 42.0 Å². The van der Waals surface area contributed by atoms with Crippen molar-refractivity contribution in [3.05, 3.63) is 52.0 Å². The molecule has 3 rings (SSSR count). The molecule has 10 heteroatoms. The Morgan fingerprint density at radius 1 is 1.31 bits per heavy atom. The van der Waals surface area contributed by atoms with Crippen molar-refractivity contribution in [3.8, 4) is 0 Å². The number of benzene rings is 1. The number of thiazole rings is 1. The van der Waals surface area contributed by atoms with E-state index in [0.29, 0.717) is 11.0 Å². The predicted octanol–water partition coefficient (Wildman–Crippen LogP) is 4.11. The van der Waals surface area contributed by atoms with Gasteiger partial charge in [-0.2, -0.15) is 13.2 Å². The maximum Gasteiger partial charge on any atom is 0.434 e. The average molecular weight is 539 g/mol. The van der Waals surface area contributed by atoms with Crippen molar-refractivity contribution in [3.63, 3.8) is 0 Å². The average Bonchev–Trinajstić information content (AvgIpc) is 3.16. The highest BCUT2D eigenvalue weighted by molar-refractivity contribution is 14.0. The number of aliphatic imine (C=N–C) groups is 1. The molecular formula is C19H25F3IN5S. The van der Waals surface area contributed by atoms with E-state index in [4.69, 9.17) is 0 Å². The van der Waals surface area contributed by atoms with E-state index in [1.54, 1.807) is 7.05 Å². The van der Waals surface area contributed by atoms with Crippen molar-refractivity contribution in [2.24, 2.45) is 4.99 Å². The van der Waals surface area contributed by atoms with Gasteiger partial charge >= 0.3 is 6.18 Å². The topological polar surface area (TPSA) is 52.6 Å². The van der Waals surface area contributed by atoms with E-state index in [0.717, 1.165) is 49.2 Å². The lowest BCUT2D eigenvalue weighted by Crippen LogP contribution is -2.50. The molecule has 1 fully saturated rings. The summed E-state index contributed by atoms with van der Waals surface area (Å²) in [5.74, 6) is 0.579. The minimum atomic E-state index is -4.40. The molecule has 29 heavy (non-hydrogen) atoms. The van der Waals surface area contributed by atoms with Crippen LogP contribution in [0.1, 0.15) is 29.1 Å². The third-order valence-electron chi connectivity index (χ3n) is 4.57. The number of rotatable bonds is 5. The first kappa shape index (κ1) is 23.9. The van der Waals surface area contributed by atoms with Crippen LogP contribution in [0.5, 0.6) is 0 Å². The zero-order valence-corrected chi connectivity index (χ0v) is 19.2. The number of likely N-dealkylation sites (tertiary alicyclic amines) is 1. The Morgan fingerprint density at radius 2 is 2.07 bits per heavy atom. The molecule has 1 aliphatic rings. The van der Waals surface area contributed by atoms with Gasteiger partial charge in [0, 0.05) is 31.6 Å². The third kappa shape index (κ3) is 7.41. The molecule has 1 saturated heterocycles. The lowest BCUT2D eigenvalue weighted by atomic mass is 10.0. The molecule has 0 aliphatic carbocycles. The molecule has 1 aromatic carbocycles. The maximum absolute atomic E-state index is 12.7. The molecule has 2 heterocycles. The molecule has 1 unspecified atom stereocenters. The molecule has 0 bridgehead atoms. The summed E-state index contributed by atoms with van der Waals surface area (Å²) in [5.41, 5.74) is 0.441. The summed E-state index contributed by atoms with van der Waals surface area (Å²) in [4.78, 5) is 10.2. The number of nitrogens with zero attached hydrogens (tertiary/aromatic N) is 3. The summed E-state index contributed by atoms with van der Waals surface area (Å²) in [6, 6.07) is 10.6. The summed E-state index contributed by atoms with van der Waals surface area (Å²) < 4.78 is 38.0. The molecule has 1 aromatic heterocycles. The van der Waals surface area contributed by atoms with E-state index in [1.165, 1.54) is 5.56 Å². The van der Waals surface area contributed by atoms with Gasteiger partial charge in [0.05, 0.1) is 6.54 Å². The first-order chi connectivity index (χ1) is 13.4. The number of halogens is 4. The largest absolute Gasteiger partial charge is 0.434 e. The molecule has 2 N–H and O–H groups in total. The Labute approximate surface area is 189 Å². The van der Waals surface area contributed by atoms with Crippen LogP contribution >= 0.6 is 35.3 Å². The summed E-state index contributed by atoms with van der Waals surface area (Å²) in [7, 11) is 1.66. The number of hydrogen-bond donors (Lipinski definition) is 2. The molecule has 1 atom stereocenters. The van der Waals surface area contributed by atoms with E-state index in [2.05, 4.69) is 37.6 Å². The van der Waals surface area contributed by atoms with Crippen molar-refractivity contribution < 1.29 is 13.2 Å². The van der Waals surface area contributed by atoms with Crippen molar-refractivity contribution in [1.29, 1.82) is 0 Å². The first-order valence-corrected chi connectivity index (χ1v) is 10.1. The van der Waals surface area contributed by atoms with E-state index in [1.807, 2.05) is 18.2 Å². The SMILES string of the molecule is CN=C(NCc1nc(C(F)(F)F)cs1)NC1CCCN(Cc2ccccc2)C1.I. The van der Waals surface area contributed by atoms with Crippen LogP contribution in [0.15, 0.2) is 40.7 Å². The second kappa shape index (κ2) is 11.1. The van der Waals surface area contributed by atoms with Gasteiger partial charge in [0.15, 0.2) is 11.7 Å². The number of aromatic nitrogens is 1. The molecule has 0 radical (unpaired) electrons. The minimum absolute atomic E-state index is 0. The number of hydrogen-bond acceptors (Lipinski definition) is 4. The van der Waals surface area contributed by atoms with E-state index in [9.17, 15) is 13.2 Å². The molecule has 0 saturated carbocycles. The minimum Gasteiger partial charge on any atom is -0.352 e. The summed E-state index contributed by atoms with van der Waals surface area (Å²) in [5, 5.41) is 7.86. The summed E-state index contributed by atoms with van der Waals surface area (Å²) >= 11 is 0.992. The van der Waals surface area contributed by atoms with Gasteiger partial charge in [-0.05, 0) is 24.9 Å². The zero-order chi connectivity index (χ0) is 20.0. The van der Waals surface area contributed by atoms with Gasteiger partial charge in [-0.15, -0.1) is 35.3 Å². The molecule has 5 nitrogen and oxygen atoms in total. The van der Waals surface area contributed by atoms with E-state index >= 15 is 0 Å². The van der Waals surface area contributed by atoms with Crippen LogP contribution in [0.2, 0.25) is 0 Å². The third-order valence-corrected chi connectivity index (χ3v) is 5.42. The quantitative estimate of drug-likeness (QED) is 0.341. The van der Waals surface area contributed by atoms with E-state index < -0.39 is 11.9 Å². The van der Waals surface area contributed by atoms with Crippen molar-refractivity contribution in [2.75, 3.05) is 20.1 Å². The standard InChI is InChI=1S/C19H24F3N5S.HI/c1-23-18(24-10-17-26-16(13-28-17)19(20,21)22)25-15-8-5-9-27(12-15)11-14-6-3-2-4-7-14;/h2-4,6-7,13,15H,5,8-12H2,1H3,(H2,23,24,25);1H. The Kier molecular flexibility index (Phi) is 9.15. The second-order valence-corrected chi connectivity index (χ2v) is 7.70. The smallest absolute Gasteiger partial charge is 0.352 e. The van der Waals surface area contributed by atoms with Crippen molar-refractivity contribution in [2.45, 2.75) is 38.1 Å². The van der Waals surface area contributed by atoms with Crippen LogP contribution in [0, 0.1) is 0 Å². The number of guanidine groups is 1. The molecule has 1 aliphatic heterocycles.